The molecule has 0 spiro atoms. The molecule has 0 radical (unpaired) electrons. The Hall–Kier alpha value is -4.17. The number of nitro benzene ring substituents is 1. The second-order valence-electron chi connectivity index (χ2n) is 7.23. The number of benzene rings is 3. The highest BCUT2D eigenvalue weighted by atomic mass is 35.5. The number of hydrogen-bond donors (Lipinski definition) is 1. The van der Waals surface area contributed by atoms with E-state index in [1.165, 1.54) is 42.3 Å². The second-order valence-corrected chi connectivity index (χ2v) is 7.66. The third-order valence-electron chi connectivity index (χ3n) is 5.31. The summed E-state index contributed by atoms with van der Waals surface area (Å²) in [7, 11) is 1.50. The van der Waals surface area contributed by atoms with Crippen LogP contribution in [-0.4, -0.2) is 28.8 Å². The quantitative estimate of drug-likeness (QED) is 0.189. The standard InChI is InChI=1S/C24H17ClN2O6/c1-33-19-11-9-17(10-12-19)26-21(15-3-2-4-18(13-15)27(31)32)20(23(29)24(26)30)22(28)14-5-7-16(25)8-6-14/h2-13,21,28H,1H3/b22-20-. The number of anilines is 1. The van der Waals surface area contributed by atoms with Gasteiger partial charge >= 0.3 is 0 Å². The molecule has 9 heteroatoms. The monoisotopic (exact) mass is 464 g/mol. The summed E-state index contributed by atoms with van der Waals surface area (Å²) in [5.74, 6) is -1.64. The molecule has 1 fully saturated rings. The van der Waals surface area contributed by atoms with E-state index in [1.807, 2.05) is 0 Å². The normalized spacial score (nSPS) is 17.3. The summed E-state index contributed by atoms with van der Waals surface area (Å²) in [5, 5.41) is 22.8. The number of nitro groups is 1. The molecule has 1 amide bonds. The maximum absolute atomic E-state index is 13.1. The van der Waals surface area contributed by atoms with Gasteiger partial charge in [0.1, 0.15) is 11.5 Å². The van der Waals surface area contributed by atoms with Gasteiger partial charge in [-0.25, -0.2) is 0 Å². The summed E-state index contributed by atoms with van der Waals surface area (Å²) in [6.07, 6.45) is 0. The minimum atomic E-state index is -1.09. The molecule has 1 aliphatic heterocycles. The Labute approximate surface area is 193 Å². The van der Waals surface area contributed by atoms with Crippen LogP contribution in [0, 0.1) is 10.1 Å². The molecule has 1 saturated heterocycles. The summed E-state index contributed by atoms with van der Waals surface area (Å²) >= 11 is 5.93. The van der Waals surface area contributed by atoms with Crippen LogP contribution in [0.4, 0.5) is 11.4 Å². The molecule has 0 saturated carbocycles. The van der Waals surface area contributed by atoms with Crippen molar-refractivity contribution in [3.8, 4) is 5.75 Å². The number of ether oxygens (including phenoxy) is 1. The first-order valence-corrected chi connectivity index (χ1v) is 10.1. The number of ketones is 1. The molecule has 1 unspecified atom stereocenters. The van der Waals surface area contributed by atoms with Crippen molar-refractivity contribution in [2.45, 2.75) is 6.04 Å². The highest BCUT2D eigenvalue weighted by molar-refractivity contribution is 6.51. The fourth-order valence-electron chi connectivity index (χ4n) is 3.73. The zero-order chi connectivity index (χ0) is 23.7. The van der Waals surface area contributed by atoms with Gasteiger partial charge in [0.2, 0.25) is 0 Å². The van der Waals surface area contributed by atoms with Gasteiger partial charge in [0.15, 0.2) is 0 Å². The van der Waals surface area contributed by atoms with Crippen molar-refractivity contribution in [1.29, 1.82) is 0 Å². The highest BCUT2D eigenvalue weighted by Gasteiger charge is 2.47. The largest absolute Gasteiger partial charge is 0.507 e. The van der Waals surface area contributed by atoms with Crippen LogP contribution in [-0.2, 0) is 9.59 Å². The number of aliphatic hydroxyl groups is 1. The van der Waals surface area contributed by atoms with Crippen LogP contribution in [0.1, 0.15) is 17.2 Å². The lowest BCUT2D eigenvalue weighted by molar-refractivity contribution is -0.384. The molecule has 1 aliphatic rings. The molecule has 8 nitrogen and oxygen atoms in total. The Balaban J connectivity index is 1.94. The minimum Gasteiger partial charge on any atom is -0.507 e. The van der Waals surface area contributed by atoms with E-state index in [1.54, 1.807) is 42.5 Å². The summed E-state index contributed by atoms with van der Waals surface area (Å²) in [5.41, 5.74) is 0.555. The van der Waals surface area contributed by atoms with Gasteiger partial charge in [0.25, 0.3) is 17.4 Å². The second kappa shape index (κ2) is 8.76. The van der Waals surface area contributed by atoms with Gasteiger partial charge in [-0.15, -0.1) is 0 Å². The summed E-state index contributed by atoms with van der Waals surface area (Å²) in [6, 6.07) is 17.1. The molecule has 4 rings (SSSR count). The van der Waals surface area contributed by atoms with Gasteiger partial charge in [0.05, 0.1) is 23.6 Å². The van der Waals surface area contributed by atoms with Crippen molar-refractivity contribution in [3.63, 3.8) is 0 Å². The molecule has 0 aliphatic carbocycles. The van der Waals surface area contributed by atoms with Crippen LogP contribution in [0.3, 0.4) is 0 Å². The fraction of sp³-hybridized carbons (Fsp3) is 0.0833. The number of non-ortho nitro benzene ring substituents is 1. The topological polar surface area (TPSA) is 110 Å². The van der Waals surface area contributed by atoms with Crippen LogP contribution in [0.15, 0.2) is 78.4 Å². The number of aliphatic hydroxyl groups excluding tert-OH is 1. The lowest BCUT2D eigenvalue weighted by Crippen LogP contribution is -2.29. The van der Waals surface area contributed by atoms with Gasteiger partial charge in [-0.05, 0) is 54.1 Å². The van der Waals surface area contributed by atoms with Crippen LogP contribution in [0.25, 0.3) is 5.76 Å². The zero-order valence-electron chi connectivity index (χ0n) is 17.3. The highest BCUT2D eigenvalue weighted by Crippen LogP contribution is 2.43. The maximum Gasteiger partial charge on any atom is 0.300 e. The molecule has 1 atom stereocenters. The third-order valence-corrected chi connectivity index (χ3v) is 5.56. The number of amides is 1. The number of carbonyl (C=O) groups excluding carboxylic acids is 2. The number of rotatable bonds is 5. The number of carbonyl (C=O) groups is 2. The molecule has 166 valence electrons. The van der Waals surface area contributed by atoms with E-state index in [0.29, 0.717) is 22.0 Å². The van der Waals surface area contributed by atoms with Crippen molar-refractivity contribution in [3.05, 3.63) is 105 Å². The Morgan fingerprint density at radius 1 is 1.06 bits per heavy atom. The van der Waals surface area contributed by atoms with E-state index < -0.39 is 28.4 Å². The summed E-state index contributed by atoms with van der Waals surface area (Å²) in [6.45, 7) is 0. The maximum atomic E-state index is 13.1. The van der Waals surface area contributed by atoms with Crippen LogP contribution in [0.2, 0.25) is 5.02 Å². The Morgan fingerprint density at radius 3 is 2.33 bits per heavy atom. The van der Waals surface area contributed by atoms with Crippen LogP contribution >= 0.6 is 11.6 Å². The smallest absolute Gasteiger partial charge is 0.300 e. The van der Waals surface area contributed by atoms with E-state index in [2.05, 4.69) is 0 Å². The van der Waals surface area contributed by atoms with Crippen molar-refractivity contribution in [2.75, 3.05) is 12.0 Å². The van der Waals surface area contributed by atoms with E-state index >= 15 is 0 Å². The molecular weight excluding hydrogens is 448 g/mol. The molecule has 1 heterocycles. The number of nitrogens with zero attached hydrogens (tertiary/aromatic N) is 2. The van der Waals surface area contributed by atoms with Gasteiger partial charge < -0.3 is 9.84 Å². The van der Waals surface area contributed by atoms with Crippen molar-refractivity contribution < 1.29 is 24.4 Å². The summed E-state index contributed by atoms with van der Waals surface area (Å²) in [4.78, 5) is 38.2. The molecule has 3 aromatic carbocycles. The van der Waals surface area contributed by atoms with E-state index in [-0.39, 0.29) is 16.8 Å². The van der Waals surface area contributed by atoms with Crippen LogP contribution < -0.4 is 9.64 Å². The predicted molar refractivity (Wildman–Crippen MR) is 122 cm³/mol. The molecular formula is C24H17ClN2O6. The van der Waals surface area contributed by atoms with E-state index in [9.17, 15) is 24.8 Å². The zero-order valence-corrected chi connectivity index (χ0v) is 18.0. The lowest BCUT2D eigenvalue weighted by atomic mass is 9.95. The average molecular weight is 465 g/mol. The Morgan fingerprint density at radius 2 is 1.73 bits per heavy atom. The molecule has 0 bridgehead atoms. The van der Waals surface area contributed by atoms with Crippen molar-refractivity contribution in [1.82, 2.24) is 0 Å². The number of hydrogen-bond acceptors (Lipinski definition) is 6. The fourth-order valence-corrected chi connectivity index (χ4v) is 3.85. The SMILES string of the molecule is COc1ccc(N2C(=O)C(=O)/C(=C(\O)c3ccc(Cl)cc3)C2c2cccc([N+](=O)[O-])c2)cc1. The first kappa shape index (κ1) is 22.0. The van der Waals surface area contributed by atoms with E-state index in [4.69, 9.17) is 16.3 Å². The minimum absolute atomic E-state index is 0.182. The van der Waals surface area contributed by atoms with Crippen LogP contribution in [0.5, 0.6) is 5.75 Å². The molecule has 33 heavy (non-hydrogen) atoms. The van der Waals surface area contributed by atoms with Gasteiger partial charge in [0, 0.05) is 28.4 Å². The molecule has 3 aromatic rings. The first-order chi connectivity index (χ1) is 15.8. The molecule has 1 N–H and O–H groups in total. The van der Waals surface area contributed by atoms with Crippen molar-refractivity contribution in [2.24, 2.45) is 0 Å². The average Bonchev–Trinajstić information content (AvgIpc) is 3.09. The van der Waals surface area contributed by atoms with Gasteiger partial charge in [-0.3, -0.25) is 24.6 Å². The third kappa shape index (κ3) is 4.04. The summed E-state index contributed by atoms with van der Waals surface area (Å²) < 4.78 is 5.15. The lowest BCUT2D eigenvalue weighted by Gasteiger charge is -2.25. The number of Topliss-reactive ketones (excluding diaryl/α,β-unsaturated/α-hetero) is 1. The van der Waals surface area contributed by atoms with E-state index in [0.717, 1.165) is 0 Å². The Bertz CT molecular complexity index is 1290. The number of halogens is 1. The number of methoxy groups -OCH3 is 1. The van der Waals surface area contributed by atoms with Crippen molar-refractivity contribution >= 4 is 40.4 Å². The van der Waals surface area contributed by atoms with Gasteiger partial charge in [-0.1, -0.05) is 23.7 Å². The first-order valence-electron chi connectivity index (χ1n) is 9.77. The molecule has 0 aromatic heterocycles. The Kier molecular flexibility index (Phi) is 5.85. The van der Waals surface area contributed by atoms with Gasteiger partial charge in [-0.2, -0.15) is 0 Å². The predicted octanol–water partition coefficient (Wildman–Crippen LogP) is 4.88.